The standard InChI is InChI=1S/C12H13F3O.C3H8.C2H6/c1-8-2-5-10(12(13,14)15)11(6-8)16-7-9-3-4-9;1-3-2;1-2/h2,5-6,9H,3-4,7H2,1H3;3H2,1-2H3;1-2H3. The molecule has 122 valence electrons. The largest absolute Gasteiger partial charge is 0.493 e. The van der Waals surface area contributed by atoms with Gasteiger partial charge in [0.1, 0.15) is 5.75 Å². The minimum absolute atomic E-state index is 0.0422. The number of rotatable bonds is 3. The van der Waals surface area contributed by atoms with Gasteiger partial charge in [-0.25, -0.2) is 0 Å². The molecule has 1 saturated carbocycles. The highest BCUT2D eigenvalue weighted by atomic mass is 19.4. The monoisotopic (exact) mass is 304 g/mol. The Morgan fingerprint density at radius 1 is 1.14 bits per heavy atom. The molecule has 0 saturated heterocycles. The predicted molar refractivity (Wildman–Crippen MR) is 81.7 cm³/mol. The van der Waals surface area contributed by atoms with Gasteiger partial charge < -0.3 is 4.74 Å². The van der Waals surface area contributed by atoms with Crippen LogP contribution in [0.15, 0.2) is 18.2 Å². The van der Waals surface area contributed by atoms with E-state index in [-0.39, 0.29) is 5.75 Å². The van der Waals surface area contributed by atoms with E-state index in [1.54, 1.807) is 6.92 Å². The van der Waals surface area contributed by atoms with Crippen molar-refractivity contribution in [1.29, 1.82) is 0 Å². The predicted octanol–water partition coefficient (Wildman–Crippen LogP) is 6.25. The molecule has 1 aliphatic rings. The number of halogens is 3. The van der Waals surface area contributed by atoms with Crippen molar-refractivity contribution in [2.75, 3.05) is 6.61 Å². The summed E-state index contributed by atoms with van der Waals surface area (Å²) in [5.74, 6) is 0.404. The molecule has 1 aromatic carbocycles. The van der Waals surface area contributed by atoms with Gasteiger partial charge >= 0.3 is 6.18 Å². The summed E-state index contributed by atoms with van der Waals surface area (Å²) in [6.45, 7) is 10.4. The van der Waals surface area contributed by atoms with E-state index in [9.17, 15) is 13.2 Å². The fourth-order valence-corrected chi connectivity index (χ4v) is 1.48. The second-order valence-electron chi connectivity index (χ2n) is 4.96. The molecular formula is C17H27F3O. The van der Waals surface area contributed by atoms with Gasteiger partial charge in [0, 0.05) is 0 Å². The van der Waals surface area contributed by atoms with Crippen LogP contribution < -0.4 is 4.74 Å². The highest BCUT2D eigenvalue weighted by Crippen LogP contribution is 2.38. The van der Waals surface area contributed by atoms with Gasteiger partial charge in [-0.15, -0.1) is 0 Å². The lowest BCUT2D eigenvalue weighted by Gasteiger charge is -2.14. The third-order valence-electron chi connectivity index (χ3n) is 2.61. The lowest BCUT2D eigenvalue weighted by Crippen LogP contribution is -2.10. The molecule has 1 aliphatic carbocycles. The molecule has 0 bridgehead atoms. The molecular weight excluding hydrogens is 277 g/mol. The normalized spacial score (nSPS) is 13.5. The van der Waals surface area contributed by atoms with Crippen molar-refractivity contribution in [2.24, 2.45) is 5.92 Å². The molecule has 0 radical (unpaired) electrons. The minimum Gasteiger partial charge on any atom is -0.493 e. The molecule has 0 aliphatic heterocycles. The molecule has 0 heterocycles. The lowest BCUT2D eigenvalue weighted by molar-refractivity contribution is -0.139. The summed E-state index contributed by atoms with van der Waals surface area (Å²) >= 11 is 0. The first-order valence-electron chi connectivity index (χ1n) is 7.69. The Balaban J connectivity index is 0.000000713. The molecule has 0 atom stereocenters. The summed E-state index contributed by atoms with van der Waals surface area (Å²) in [5.41, 5.74) is 0.0950. The molecule has 1 aromatic rings. The third kappa shape index (κ3) is 7.98. The maximum atomic E-state index is 12.6. The molecule has 0 spiro atoms. The minimum atomic E-state index is -4.34. The average Bonchev–Trinajstić information content (AvgIpc) is 3.22. The molecule has 4 heteroatoms. The van der Waals surface area contributed by atoms with E-state index in [0.29, 0.717) is 12.5 Å². The Morgan fingerprint density at radius 2 is 1.67 bits per heavy atom. The molecule has 0 unspecified atom stereocenters. The van der Waals surface area contributed by atoms with Crippen molar-refractivity contribution >= 4 is 0 Å². The van der Waals surface area contributed by atoms with Crippen molar-refractivity contribution in [3.05, 3.63) is 29.3 Å². The number of aryl methyl sites for hydroxylation is 1. The quantitative estimate of drug-likeness (QED) is 0.641. The highest BCUT2D eigenvalue weighted by molar-refractivity contribution is 5.39. The summed E-state index contributed by atoms with van der Waals surface area (Å²) in [5, 5.41) is 0. The fraction of sp³-hybridized carbons (Fsp3) is 0.647. The van der Waals surface area contributed by atoms with Crippen LogP contribution in [-0.2, 0) is 6.18 Å². The van der Waals surface area contributed by atoms with Gasteiger partial charge in [0.2, 0.25) is 0 Å². The van der Waals surface area contributed by atoms with Crippen LogP contribution in [0, 0.1) is 12.8 Å². The molecule has 1 fully saturated rings. The van der Waals surface area contributed by atoms with E-state index in [4.69, 9.17) is 4.74 Å². The van der Waals surface area contributed by atoms with Gasteiger partial charge in [-0.2, -0.15) is 13.2 Å². The van der Waals surface area contributed by atoms with E-state index < -0.39 is 11.7 Å². The molecule has 0 N–H and O–H groups in total. The Morgan fingerprint density at radius 3 is 2.10 bits per heavy atom. The second-order valence-corrected chi connectivity index (χ2v) is 4.96. The van der Waals surface area contributed by atoms with Gasteiger partial charge in [0.05, 0.1) is 12.2 Å². The zero-order chi connectivity index (χ0) is 16.5. The Hall–Kier alpha value is -1.19. The number of alkyl halides is 3. The van der Waals surface area contributed by atoms with Crippen molar-refractivity contribution in [2.45, 2.75) is 60.1 Å². The van der Waals surface area contributed by atoms with E-state index in [2.05, 4.69) is 13.8 Å². The Bertz CT molecular complexity index is 396. The zero-order valence-corrected chi connectivity index (χ0v) is 13.7. The number of ether oxygens (including phenoxy) is 1. The van der Waals surface area contributed by atoms with Crippen molar-refractivity contribution in [1.82, 2.24) is 0 Å². The van der Waals surface area contributed by atoms with Crippen LogP contribution in [0.4, 0.5) is 13.2 Å². The van der Waals surface area contributed by atoms with Crippen molar-refractivity contribution in [3.63, 3.8) is 0 Å². The molecule has 21 heavy (non-hydrogen) atoms. The summed E-state index contributed by atoms with van der Waals surface area (Å²) in [6, 6.07) is 3.98. The van der Waals surface area contributed by atoms with Crippen molar-refractivity contribution < 1.29 is 17.9 Å². The average molecular weight is 304 g/mol. The van der Waals surface area contributed by atoms with Crippen LogP contribution in [-0.4, -0.2) is 6.61 Å². The highest BCUT2D eigenvalue weighted by Gasteiger charge is 2.34. The topological polar surface area (TPSA) is 9.23 Å². The first-order chi connectivity index (χ1) is 9.88. The summed E-state index contributed by atoms with van der Waals surface area (Å²) in [7, 11) is 0. The van der Waals surface area contributed by atoms with Crippen LogP contribution in [0.2, 0.25) is 0 Å². The van der Waals surface area contributed by atoms with Crippen LogP contribution >= 0.6 is 0 Å². The molecule has 2 rings (SSSR count). The summed E-state index contributed by atoms with van der Waals surface area (Å²) in [6.07, 6.45) is -0.965. The summed E-state index contributed by atoms with van der Waals surface area (Å²) < 4.78 is 43.2. The fourth-order valence-electron chi connectivity index (χ4n) is 1.48. The molecule has 0 amide bonds. The number of hydrogen-bond donors (Lipinski definition) is 0. The maximum absolute atomic E-state index is 12.6. The van der Waals surface area contributed by atoms with Crippen LogP contribution in [0.3, 0.4) is 0 Å². The Labute approximate surface area is 126 Å². The van der Waals surface area contributed by atoms with Gasteiger partial charge in [-0.3, -0.25) is 0 Å². The number of benzene rings is 1. The van der Waals surface area contributed by atoms with Gasteiger partial charge in [-0.1, -0.05) is 40.2 Å². The van der Waals surface area contributed by atoms with Crippen LogP contribution in [0.25, 0.3) is 0 Å². The smallest absolute Gasteiger partial charge is 0.419 e. The SMILES string of the molecule is CC.CCC.Cc1ccc(C(F)(F)F)c(OCC2CC2)c1. The second kappa shape index (κ2) is 9.69. The number of hydrogen-bond acceptors (Lipinski definition) is 1. The maximum Gasteiger partial charge on any atom is 0.419 e. The van der Waals surface area contributed by atoms with Gasteiger partial charge in [-0.05, 0) is 43.4 Å². The lowest BCUT2D eigenvalue weighted by atomic mass is 10.1. The van der Waals surface area contributed by atoms with E-state index in [1.165, 1.54) is 18.6 Å². The summed E-state index contributed by atoms with van der Waals surface area (Å²) in [4.78, 5) is 0. The van der Waals surface area contributed by atoms with Crippen LogP contribution in [0.5, 0.6) is 5.75 Å². The molecule has 1 nitrogen and oxygen atoms in total. The van der Waals surface area contributed by atoms with E-state index >= 15 is 0 Å². The zero-order valence-electron chi connectivity index (χ0n) is 13.7. The first kappa shape index (κ1) is 19.8. The van der Waals surface area contributed by atoms with E-state index in [1.807, 2.05) is 13.8 Å². The van der Waals surface area contributed by atoms with Crippen LogP contribution in [0.1, 0.15) is 58.1 Å². The first-order valence-corrected chi connectivity index (χ1v) is 7.69. The van der Waals surface area contributed by atoms with Crippen molar-refractivity contribution in [3.8, 4) is 5.75 Å². The molecule has 0 aromatic heterocycles. The van der Waals surface area contributed by atoms with E-state index in [0.717, 1.165) is 24.5 Å². The van der Waals surface area contributed by atoms with Gasteiger partial charge in [0.25, 0.3) is 0 Å². The third-order valence-corrected chi connectivity index (χ3v) is 2.61. The van der Waals surface area contributed by atoms with Gasteiger partial charge in [0.15, 0.2) is 0 Å². The Kier molecular flexibility index (Phi) is 9.14.